The lowest BCUT2D eigenvalue weighted by Gasteiger charge is -2.25. The van der Waals surface area contributed by atoms with Crippen molar-refractivity contribution < 1.29 is 4.79 Å². The van der Waals surface area contributed by atoms with Crippen LogP contribution in [-0.2, 0) is 12.2 Å². The summed E-state index contributed by atoms with van der Waals surface area (Å²) in [5, 5.41) is 10.6. The third kappa shape index (κ3) is 4.39. The van der Waals surface area contributed by atoms with Crippen LogP contribution in [-0.4, -0.2) is 27.6 Å². The highest BCUT2D eigenvalue weighted by Gasteiger charge is 2.20. The van der Waals surface area contributed by atoms with Crippen LogP contribution in [0.3, 0.4) is 0 Å². The van der Waals surface area contributed by atoms with Crippen LogP contribution in [0, 0.1) is 0 Å². The zero-order valence-corrected chi connectivity index (χ0v) is 15.8. The molecular weight excluding hydrogens is 356 g/mol. The number of rotatable bonds is 6. The summed E-state index contributed by atoms with van der Waals surface area (Å²) in [7, 11) is 0. The number of hydrogen-bond donors (Lipinski definition) is 2. The molecule has 4 rings (SSSR count). The average Bonchev–Trinajstić information content (AvgIpc) is 3.24. The number of aryl methyl sites for hydroxylation is 1. The molecule has 0 fully saturated rings. The van der Waals surface area contributed by atoms with Crippen LogP contribution in [0.1, 0.15) is 45.8 Å². The molecule has 0 radical (unpaired) electrons. The topological polar surface area (TPSA) is 70.7 Å². The Balaban J connectivity index is 1.32. The number of aromatic amines is 1. The van der Waals surface area contributed by atoms with Gasteiger partial charge in [-0.3, -0.25) is 9.89 Å². The highest BCUT2D eigenvalue weighted by Crippen LogP contribution is 2.30. The molecule has 6 heteroatoms. The SMILES string of the molecule is O=C(NCC1CCCc2ccccc21)c1ccc(CSc2ncn[nH]2)cc1. The molecule has 0 aliphatic heterocycles. The second-order valence-electron chi connectivity index (χ2n) is 6.77. The van der Waals surface area contributed by atoms with E-state index in [0.29, 0.717) is 18.0 Å². The summed E-state index contributed by atoms with van der Waals surface area (Å²) < 4.78 is 0. The Hall–Kier alpha value is -2.60. The van der Waals surface area contributed by atoms with E-state index in [1.807, 2.05) is 24.3 Å². The molecule has 27 heavy (non-hydrogen) atoms. The van der Waals surface area contributed by atoms with Crippen molar-refractivity contribution in [2.75, 3.05) is 6.54 Å². The minimum atomic E-state index is -0.00695. The molecule has 1 amide bonds. The molecule has 1 unspecified atom stereocenters. The number of nitrogens with zero attached hydrogens (tertiary/aromatic N) is 2. The predicted molar refractivity (Wildman–Crippen MR) is 107 cm³/mol. The van der Waals surface area contributed by atoms with Crippen LogP contribution in [0.5, 0.6) is 0 Å². The Kier molecular flexibility index (Phi) is 5.53. The zero-order chi connectivity index (χ0) is 18.5. The van der Waals surface area contributed by atoms with Crippen molar-refractivity contribution in [2.24, 2.45) is 0 Å². The van der Waals surface area contributed by atoms with Gasteiger partial charge in [-0.2, -0.15) is 5.10 Å². The minimum Gasteiger partial charge on any atom is -0.351 e. The number of fused-ring (bicyclic) bond motifs is 1. The average molecular weight is 379 g/mol. The maximum absolute atomic E-state index is 12.5. The molecule has 138 valence electrons. The standard InChI is InChI=1S/C21H22N4OS/c26-20(22-12-18-6-3-5-16-4-1-2-7-19(16)18)17-10-8-15(9-11-17)13-27-21-23-14-24-25-21/h1-2,4,7-11,14,18H,3,5-6,12-13H2,(H,22,26)(H,23,24,25). The molecule has 0 saturated carbocycles. The Bertz CT molecular complexity index is 893. The smallest absolute Gasteiger partial charge is 0.251 e. The van der Waals surface area contributed by atoms with E-state index >= 15 is 0 Å². The molecule has 2 aromatic carbocycles. The Morgan fingerprint density at radius 1 is 1.19 bits per heavy atom. The van der Waals surface area contributed by atoms with Crippen LogP contribution in [0.4, 0.5) is 0 Å². The number of carbonyl (C=O) groups excluding carboxylic acids is 1. The normalized spacial score (nSPS) is 15.9. The van der Waals surface area contributed by atoms with E-state index in [-0.39, 0.29) is 5.91 Å². The third-order valence-corrected chi connectivity index (χ3v) is 5.94. The largest absolute Gasteiger partial charge is 0.351 e. The van der Waals surface area contributed by atoms with Crippen LogP contribution in [0.15, 0.2) is 60.0 Å². The van der Waals surface area contributed by atoms with Gasteiger partial charge in [0.2, 0.25) is 0 Å². The number of nitrogens with one attached hydrogen (secondary N) is 2. The second kappa shape index (κ2) is 8.39. The van der Waals surface area contributed by atoms with Gasteiger partial charge in [0, 0.05) is 23.8 Å². The maximum atomic E-state index is 12.5. The summed E-state index contributed by atoms with van der Waals surface area (Å²) in [5.41, 5.74) is 4.67. The monoisotopic (exact) mass is 378 g/mol. The van der Waals surface area contributed by atoms with Gasteiger partial charge in [0.15, 0.2) is 5.16 Å². The van der Waals surface area contributed by atoms with Gasteiger partial charge in [0.05, 0.1) is 0 Å². The molecular formula is C21H22N4OS. The molecule has 0 saturated heterocycles. The number of benzene rings is 2. The van der Waals surface area contributed by atoms with Gasteiger partial charge in [0.1, 0.15) is 6.33 Å². The molecule has 1 heterocycles. The van der Waals surface area contributed by atoms with Gasteiger partial charge < -0.3 is 5.32 Å². The summed E-state index contributed by atoms with van der Waals surface area (Å²) >= 11 is 1.59. The van der Waals surface area contributed by atoms with Gasteiger partial charge in [-0.05, 0) is 48.1 Å². The van der Waals surface area contributed by atoms with Gasteiger partial charge in [-0.15, -0.1) is 0 Å². The van der Waals surface area contributed by atoms with Crippen LogP contribution in [0.25, 0.3) is 0 Å². The summed E-state index contributed by atoms with van der Waals surface area (Å²) in [4.78, 5) is 16.6. The fraction of sp³-hybridized carbons (Fsp3) is 0.286. The first-order chi connectivity index (χ1) is 13.3. The van der Waals surface area contributed by atoms with Crippen molar-refractivity contribution in [1.29, 1.82) is 0 Å². The van der Waals surface area contributed by atoms with E-state index in [1.54, 1.807) is 11.8 Å². The van der Waals surface area contributed by atoms with Gasteiger partial charge in [0.25, 0.3) is 5.91 Å². The fourth-order valence-electron chi connectivity index (χ4n) is 3.55. The molecule has 1 aliphatic rings. The molecule has 2 N–H and O–H groups in total. The van der Waals surface area contributed by atoms with Crippen molar-refractivity contribution in [1.82, 2.24) is 20.5 Å². The van der Waals surface area contributed by atoms with Gasteiger partial charge in [-0.1, -0.05) is 48.2 Å². The van der Waals surface area contributed by atoms with E-state index in [2.05, 4.69) is 44.8 Å². The Morgan fingerprint density at radius 3 is 2.85 bits per heavy atom. The minimum absolute atomic E-state index is 0.00695. The van der Waals surface area contributed by atoms with E-state index in [4.69, 9.17) is 0 Å². The van der Waals surface area contributed by atoms with Gasteiger partial charge >= 0.3 is 0 Å². The number of hydrogen-bond acceptors (Lipinski definition) is 4. The number of H-pyrrole nitrogens is 1. The Labute approximate surface area is 163 Å². The fourth-order valence-corrected chi connectivity index (χ4v) is 4.29. The first-order valence-electron chi connectivity index (χ1n) is 9.23. The van der Waals surface area contributed by atoms with E-state index in [1.165, 1.54) is 23.9 Å². The van der Waals surface area contributed by atoms with E-state index in [0.717, 1.165) is 29.3 Å². The first-order valence-corrected chi connectivity index (χ1v) is 10.2. The second-order valence-corrected chi connectivity index (χ2v) is 7.74. The number of thioether (sulfide) groups is 1. The van der Waals surface area contributed by atoms with Crippen molar-refractivity contribution in [2.45, 2.75) is 36.1 Å². The van der Waals surface area contributed by atoms with Crippen molar-refractivity contribution >= 4 is 17.7 Å². The van der Waals surface area contributed by atoms with Crippen LogP contribution < -0.4 is 5.32 Å². The quantitative estimate of drug-likeness (QED) is 0.637. The number of amides is 1. The van der Waals surface area contributed by atoms with Crippen LogP contribution >= 0.6 is 11.8 Å². The predicted octanol–water partition coefficient (Wildman–Crippen LogP) is 3.95. The summed E-state index contributed by atoms with van der Waals surface area (Å²) in [5.74, 6) is 1.19. The summed E-state index contributed by atoms with van der Waals surface area (Å²) in [6.07, 6.45) is 4.97. The molecule has 3 aromatic rings. The van der Waals surface area contributed by atoms with Crippen molar-refractivity contribution in [3.63, 3.8) is 0 Å². The third-order valence-electron chi connectivity index (χ3n) is 4.99. The highest BCUT2D eigenvalue weighted by atomic mass is 32.2. The maximum Gasteiger partial charge on any atom is 0.251 e. The summed E-state index contributed by atoms with van der Waals surface area (Å²) in [6.45, 7) is 0.693. The van der Waals surface area contributed by atoms with E-state index in [9.17, 15) is 4.79 Å². The molecule has 0 spiro atoms. The zero-order valence-electron chi connectivity index (χ0n) is 15.0. The lowest BCUT2D eigenvalue weighted by Crippen LogP contribution is -2.29. The Morgan fingerprint density at radius 2 is 2.04 bits per heavy atom. The molecule has 5 nitrogen and oxygen atoms in total. The molecule has 1 aromatic heterocycles. The lowest BCUT2D eigenvalue weighted by molar-refractivity contribution is 0.0950. The van der Waals surface area contributed by atoms with Crippen molar-refractivity contribution in [3.05, 3.63) is 77.1 Å². The number of carbonyl (C=O) groups is 1. The van der Waals surface area contributed by atoms with Crippen molar-refractivity contribution in [3.8, 4) is 0 Å². The first kappa shape index (κ1) is 17.8. The highest BCUT2D eigenvalue weighted by molar-refractivity contribution is 7.98. The molecule has 1 aliphatic carbocycles. The number of aromatic nitrogens is 3. The lowest BCUT2D eigenvalue weighted by atomic mass is 9.83. The molecule has 0 bridgehead atoms. The molecule has 1 atom stereocenters. The van der Waals surface area contributed by atoms with E-state index < -0.39 is 0 Å². The van der Waals surface area contributed by atoms with Gasteiger partial charge in [-0.25, -0.2) is 4.98 Å². The van der Waals surface area contributed by atoms with Crippen LogP contribution in [0.2, 0.25) is 0 Å². The summed E-state index contributed by atoms with van der Waals surface area (Å²) in [6, 6.07) is 16.4.